The second-order valence-corrected chi connectivity index (χ2v) is 7.70. The first-order valence-corrected chi connectivity index (χ1v) is 8.89. The van der Waals surface area contributed by atoms with Crippen molar-refractivity contribution in [1.82, 2.24) is 5.32 Å². The molecule has 1 aliphatic carbocycles. The van der Waals surface area contributed by atoms with Crippen LogP contribution in [0.15, 0.2) is 18.2 Å². The fraction of sp³-hybridized carbons (Fsp3) is 0.476. The number of hydrogen-bond acceptors (Lipinski definition) is 2. The Bertz CT molecular complexity index is 815. The lowest BCUT2D eigenvalue weighted by molar-refractivity contribution is -0.119. The van der Waals surface area contributed by atoms with Crippen molar-refractivity contribution < 1.29 is 4.79 Å². The Morgan fingerprint density at radius 3 is 2.44 bits per heavy atom. The van der Waals surface area contributed by atoms with Crippen LogP contribution in [0.5, 0.6) is 0 Å². The minimum Gasteiger partial charge on any atom is -0.379 e. The van der Waals surface area contributed by atoms with Gasteiger partial charge >= 0.3 is 0 Å². The van der Waals surface area contributed by atoms with Gasteiger partial charge in [0.05, 0.1) is 13.1 Å². The van der Waals surface area contributed by atoms with E-state index in [0.29, 0.717) is 11.4 Å². The second-order valence-electron chi connectivity index (χ2n) is 7.70. The van der Waals surface area contributed by atoms with E-state index in [0.717, 1.165) is 48.9 Å². The van der Waals surface area contributed by atoms with Gasteiger partial charge in [-0.2, -0.15) is 0 Å². The first-order valence-electron chi connectivity index (χ1n) is 8.89. The van der Waals surface area contributed by atoms with Gasteiger partial charge in [-0.25, -0.2) is 0 Å². The molecule has 0 unspecified atom stereocenters. The molecule has 0 radical (unpaired) electrons. The van der Waals surface area contributed by atoms with Crippen molar-refractivity contribution in [2.24, 2.45) is 5.92 Å². The maximum Gasteiger partial charge on any atom is 0.195 e. The Morgan fingerprint density at radius 1 is 1.16 bits per heavy atom. The summed E-state index contributed by atoms with van der Waals surface area (Å²) < 4.78 is 0. The van der Waals surface area contributed by atoms with E-state index in [2.05, 4.69) is 28.9 Å². The fourth-order valence-electron chi connectivity index (χ4n) is 3.91. The van der Waals surface area contributed by atoms with Crippen LogP contribution in [-0.2, 0) is 11.2 Å². The molecule has 1 aliphatic heterocycles. The lowest BCUT2D eigenvalue weighted by Gasteiger charge is -2.36. The van der Waals surface area contributed by atoms with Crippen LogP contribution < -0.4 is 5.32 Å². The zero-order valence-corrected chi connectivity index (χ0v) is 14.9. The van der Waals surface area contributed by atoms with E-state index in [1.807, 2.05) is 6.07 Å². The number of carbonyl (C=O) groups excluding carboxylic acids is 1. The summed E-state index contributed by atoms with van der Waals surface area (Å²) >= 11 is 0. The van der Waals surface area contributed by atoms with Crippen LogP contribution in [0.2, 0.25) is 0 Å². The fourth-order valence-corrected chi connectivity index (χ4v) is 3.91. The van der Waals surface area contributed by atoms with Gasteiger partial charge in [0.1, 0.15) is 0 Å². The third-order valence-electron chi connectivity index (χ3n) is 5.13. The number of rotatable bonds is 2. The molecule has 0 spiro atoms. The number of nitrogens with zero attached hydrogens (tertiary/aromatic N) is 2. The Morgan fingerprint density at radius 2 is 1.80 bits per heavy atom. The average Bonchev–Trinajstić information content (AvgIpc) is 2.60. The lowest BCUT2D eigenvalue weighted by atomic mass is 9.83. The average molecular weight is 333 g/mol. The van der Waals surface area contributed by atoms with E-state index < -0.39 is 0 Å². The number of fused-ring (bicyclic) bond motifs is 1. The van der Waals surface area contributed by atoms with Crippen LogP contribution in [0.1, 0.15) is 57.1 Å². The molecule has 1 fully saturated rings. The summed E-state index contributed by atoms with van der Waals surface area (Å²) in [5.74, 6) is 0.309. The first kappa shape index (κ1) is 17.2. The first-order chi connectivity index (χ1) is 11.9. The predicted molar refractivity (Wildman–Crippen MR) is 99.4 cm³/mol. The number of nitrogens with one attached hydrogen (secondary N) is 1. The summed E-state index contributed by atoms with van der Waals surface area (Å²) in [6.45, 7) is 18.8. The molecule has 1 heterocycles. The van der Waals surface area contributed by atoms with Crippen molar-refractivity contribution >= 4 is 22.9 Å². The van der Waals surface area contributed by atoms with E-state index in [1.54, 1.807) is 12.1 Å². The van der Waals surface area contributed by atoms with Crippen LogP contribution in [-0.4, -0.2) is 11.3 Å². The van der Waals surface area contributed by atoms with Gasteiger partial charge < -0.3 is 5.32 Å². The molecule has 3 rings (SSSR count). The van der Waals surface area contributed by atoms with Crippen LogP contribution in [0.25, 0.3) is 15.4 Å². The van der Waals surface area contributed by atoms with Gasteiger partial charge in [-0.1, -0.05) is 31.4 Å². The number of ketones is 1. The van der Waals surface area contributed by atoms with Crippen LogP contribution in [0.3, 0.4) is 0 Å². The van der Waals surface area contributed by atoms with Crippen molar-refractivity contribution in [3.05, 3.63) is 52.2 Å². The quantitative estimate of drug-likeness (QED) is 0.596. The summed E-state index contributed by atoms with van der Waals surface area (Å²) in [5.41, 5.74) is 3.27. The summed E-state index contributed by atoms with van der Waals surface area (Å²) in [6.07, 6.45) is 7.93. The number of benzene rings is 1. The van der Waals surface area contributed by atoms with Crippen molar-refractivity contribution in [3.63, 3.8) is 0 Å². The van der Waals surface area contributed by atoms with Crippen molar-refractivity contribution in [3.8, 4) is 0 Å². The molecule has 0 amide bonds. The maximum absolute atomic E-state index is 12.7. The molecule has 0 bridgehead atoms. The molecule has 4 heteroatoms. The summed E-state index contributed by atoms with van der Waals surface area (Å²) in [6, 6.07) is 3.58. The summed E-state index contributed by atoms with van der Waals surface area (Å²) in [7, 11) is 0. The molecule has 1 aromatic carbocycles. The van der Waals surface area contributed by atoms with E-state index in [1.165, 1.54) is 6.42 Å². The lowest BCUT2D eigenvalue weighted by Crippen LogP contribution is -2.44. The van der Waals surface area contributed by atoms with E-state index in [-0.39, 0.29) is 17.2 Å². The Kier molecular flexibility index (Phi) is 4.64. The summed E-state index contributed by atoms with van der Waals surface area (Å²) in [4.78, 5) is 19.7. The Balaban J connectivity index is 2.03. The van der Waals surface area contributed by atoms with Gasteiger partial charge in [0.2, 0.25) is 0 Å². The molecule has 1 N–H and O–H groups in total. The van der Waals surface area contributed by atoms with Gasteiger partial charge in [-0.15, -0.1) is 0 Å². The molecular weight excluding hydrogens is 310 g/mol. The van der Waals surface area contributed by atoms with Crippen molar-refractivity contribution in [2.45, 2.75) is 57.9 Å². The van der Waals surface area contributed by atoms with Crippen molar-refractivity contribution in [2.75, 3.05) is 0 Å². The molecule has 1 aromatic rings. The summed E-state index contributed by atoms with van der Waals surface area (Å²) in [5, 5.41) is 3.47. The monoisotopic (exact) mass is 333 g/mol. The van der Waals surface area contributed by atoms with Crippen LogP contribution >= 0.6 is 0 Å². The predicted octanol–water partition coefficient (Wildman–Crippen LogP) is 5.20. The molecule has 0 atom stereocenters. The zero-order valence-electron chi connectivity index (χ0n) is 14.9. The maximum atomic E-state index is 12.7. The highest BCUT2D eigenvalue weighted by Crippen LogP contribution is 2.38. The molecular formula is C21H23N3O. The van der Waals surface area contributed by atoms with Gasteiger partial charge in [0.15, 0.2) is 17.2 Å². The molecule has 25 heavy (non-hydrogen) atoms. The minimum atomic E-state index is -0.190. The smallest absolute Gasteiger partial charge is 0.195 e. The van der Waals surface area contributed by atoms with Gasteiger partial charge in [-0.05, 0) is 44.2 Å². The number of carbonyl (C=O) groups is 1. The largest absolute Gasteiger partial charge is 0.379 e. The topological polar surface area (TPSA) is 37.8 Å². The minimum absolute atomic E-state index is 0.124. The molecule has 0 aromatic heterocycles. The third kappa shape index (κ3) is 3.59. The number of hydrogen-bond donors (Lipinski definition) is 1. The van der Waals surface area contributed by atoms with Crippen LogP contribution in [0.4, 0.5) is 11.4 Å². The third-order valence-corrected chi connectivity index (χ3v) is 5.13. The van der Waals surface area contributed by atoms with Crippen LogP contribution in [0, 0.1) is 19.1 Å². The Labute approximate surface area is 149 Å². The van der Waals surface area contributed by atoms with Gasteiger partial charge in [0, 0.05) is 23.2 Å². The second kappa shape index (κ2) is 6.73. The zero-order chi connectivity index (χ0) is 18.0. The van der Waals surface area contributed by atoms with Gasteiger partial charge in [-0.3, -0.25) is 14.5 Å². The molecule has 4 nitrogen and oxygen atoms in total. The van der Waals surface area contributed by atoms with E-state index in [4.69, 9.17) is 13.1 Å². The Hall–Kier alpha value is -2.59. The highest BCUT2D eigenvalue weighted by atomic mass is 16.1. The molecule has 1 saturated carbocycles. The highest BCUT2D eigenvalue weighted by molar-refractivity contribution is 5.99. The molecule has 0 saturated heterocycles. The molecule has 2 aliphatic rings. The molecule has 128 valence electrons. The van der Waals surface area contributed by atoms with Crippen molar-refractivity contribution in [1.29, 1.82) is 0 Å². The van der Waals surface area contributed by atoms with Gasteiger partial charge in [0.25, 0.3) is 0 Å². The highest BCUT2D eigenvalue weighted by Gasteiger charge is 2.30. The van der Waals surface area contributed by atoms with E-state index in [9.17, 15) is 4.79 Å². The SMILES string of the molecule is [C-]#[N+]c1cc2c(cc1[N+]#[C-])/C(=C/C(=O)C1CCCCC1)NC(C)(C)C2. The van der Waals surface area contributed by atoms with E-state index >= 15 is 0 Å². The number of allylic oxidation sites excluding steroid dienone is 1. The normalized spacial score (nSPS) is 20.9. The standard InChI is InChI=1S/C21H23N3O/c1-21(2)13-15-10-18(22-3)19(23-4)11-16(15)17(24-21)12-20(25)14-8-6-5-7-9-14/h10-12,14,24H,5-9,13H2,1-2H3/b17-12-.